The highest BCUT2D eigenvalue weighted by Crippen LogP contribution is 2.34. The Hall–Kier alpha value is -2.14. The van der Waals surface area contributed by atoms with Gasteiger partial charge in [-0.25, -0.2) is 4.79 Å². The maximum atomic E-state index is 12.3. The van der Waals surface area contributed by atoms with Crippen LogP contribution in [0.25, 0.3) is 0 Å². The number of aryl methyl sites for hydroxylation is 2. The highest BCUT2D eigenvalue weighted by molar-refractivity contribution is 5.81. The van der Waals surface area contributed by atoms with Crippen molar-refractivity contribution in [1.82, 2.24) is 15.4 Å². The van der Waals surface area contributed by atoms with Gasteiger partial charge in [0.2, 0.25) is 5.91 Å². The number of carbonyl (C=O) groups excluding carboxylic acids is 1. The van der Waals surface area contributed by atoms with E-state index in [1.807, 2.05) is 13.8 Å². The molecule has 1 amide bonds. The van der Waals surface area contributed by atoms with Crippen LogP contribution in [0.2, 0.25) is 0 Å². The highest BCUT2D eigenvalue weighted by Gasteiger charge is 2.42. The van der Waals surface area contributed by atoms with Gasteiger partial charge in [-0.3, -0.25) is 9.69 Å². The van der Waals surface area contributed by atoms with Crippen LogP contribution in [-0.2, 0) is 20.9 Å². The Morgan fingerprint density at radius 1 is 1.26 bits per heavy atom. The van der Waals surface area contributed by atoms with Gasteiger partial charge in [0.1, 0.15) is 11.9 Å². The van der Waals surface area contributed by atoms with Crippen LogP contribution in [0.1, 0.15) is 42.7 Å². The fourth-order valence-corrected chi connectivity index (χ4v) is 3.94. The van der Waals surface area contributed by atoms with E-state index >= 15 is 0 Å². The molecular weight excluding hydrogens is 419 g/mol. The van der Waals surface area contributed by atoms with Crippen LogP contribution in [0.3, 0.4) is 0 Å². The number of amides is 1. The lowest BCUT2D eigenvalue weighted by Crippen LogP contribution is -2.42. The van der Waals surface area contributed by atoms with E-state index in [-0.39, 0.29) is 18.1 Å². The fraction of sp³-hybridized carbons (Fsp3) is 0.750. The predicted molar refractivity (Wildman–Crippen MR) is 102 cm³/mol. The van der Waals surface area contributed by atoms with Crippen molar-refractivity contribution in [1.29, 1.82) is 0 Å². The van der Waals surface area contributed by atoms with Crippen molar-refractivity contribution in [3.05, 3.63) is 17.0 Å². The van der Waals surface area contributed by atoms with Crippen molar-refractivity contribution < 1.29 is 37.1 Å². The second kappa shape index (κ2) is 9.56. The zero-order valence-corrected chi connectivity index (χ0v) is 17.6. The molecule has 3 fully saturated rings. The molecule has 1 saturated carbocycles. The molecule has 3 atom stereocenters. The summed E-state index contributed by atoms with van der Waals surface area (Å²) in [6, 6.07) is 0. The Bertz CT molecular complexity index is 774. The molecule has 1 aromatic heterocycles. The Morgan fingerprint density at radius 3 is 2.48 bits per heavy atom. The number of likely N-dealkylation sites (tertiary alicyclic amines) is 1. The Morgan fingerprint density at radius 2 is 1.94 bits per heavy atom. The van der Waals surface area contributed by atoms with Gasteiger partial charge in [-0.1, -0.05) is 5.16 Å². The number of halogens is 3. The molecule has 3 aliphatic rings. The van der Waals surface area contributed by atoms with Crippen molar-refractivity contribution in [3.63, 3.8) is 0 Å². The van der Waals surface area contributed by atoms with Crippen LogP contribution in [-0.4, -0.2) is 65.1 Å². The largest absolute Gasteiger partial charge is 0.490 e. The average molecular weight is 447 g/mol. The summed E-state index contributed by atoms with van der Waals surface area (Å²) in [5.41, 5.74) is 2.16. The number of aliphatic carboxylic acids is 1. The molecule has 0 unspecified atom stereocenters. The van der Waals surface area contributed by atoms with E-state index in [1.165, 1.54) is 18.4 Å². The van der Waals surface area contributed by atoms with Gasteiger partial charge in [0.15, 0.2) is 0 Å². The van der Waals surface area contributed by atoms with E-state index in [0.29, 0.717) is 11.8 Å². The van der Waals surface area contributed by atoms with Gasteiger partial charge in [0.05, 0.1) is 11.8 Å². The van der Waals surface area contributed by atoms with Crippen LogP contribution in [0.5, 0.6) is 0 Å². The zero-order valence-electron chi connectivity index (χ0n) is 17.6. The summed E-state index contributed by atoms with van der Waals surface area (Å²) in [5.74, 6) is -0.536. The summed E-state index contributed by atoms with van der Waals surface area (Å²) >= 11 is 0. The third kappa shape index (κ3) is 6.42. The summed E-state index contributed by atoms with van der Waals surface area (Å²) < 4.78 is 43.1. The van der Waals surface area contributed by atoms with Gasteiger partial charge in [-0.15, -0.1) is 0 Å². The summed E-state index contributed by atoms with van der Waals surface area (Å²) in [7, 11) is 0. The van der Waals surface area contributed by atoms with Crippen LogP contribution >= 0.6 is 0 Å². The second-order valence-electron chi connectivity index (χ2n) is 8.48. The van der Waals surface area contributed by atoms with Gasteiger partial charge in [0.25, 0.3) is 0 Å². The van der Waals surface area contributed by atoms with E-state index in [2.05, 4.69) is 15.4 Å². The number of aromatic nitrogens is 1. The van der Waals surface area contributed by atoms with E-state index < -0.39 is 12.1 Å². The zero-order chi connectivity index (χ0) is 22.8. The number of fused-ring (bicyclic) bond motifs is 1. The first kappa shape index (κ1) is 23.5. The quantitative estimate of drug-likeness (QED) is 0.714. The number of hydrogen-bond acceptors (Lipinski definition) is 6. The average Bonchev–Trinajstić information content (AvgIpc) is 3.36. The van der Waals surface area contributed by atoms with Crippen LogP contribution in [0, 0.1) is 25.7 Å². The number of piperidine rings is 1. The van der Waals surface area contributed by atoms with Crippen LogP contribution in [0.4, 0.5) is 13.2 Å². The number of carbonyl (C=O) groups is 2. The number of alkyl halides is 3. The number of carboxylic acids is 1. The van der Waals surface area contributed by atoms with E-state index in [9.17, 15) is 18.0 Å². The first-order chi connectivity index (χ1) is 14.5. The molecule has 1 aromatic rings. The molecule has 2 saturated heterocycles. The van der Waals surface area contributed by atoms with Crippen molar-refractivity contribution in [2.24, 2.45) is 11.8 Å². The maximum Gasteiger partial charge on any atom is 0.490 e. The Kier molecular flexibility index (Phi) is 7.25. The van der Waals surface area contributed by atoms with Gasteiger partial charge in [0, 0.05) is 25.2 Å². The third-order valence-corrected chi connectivity index (χ3v) is 6.00. The van der Waals surface area contributed by atoms with Crippen LogP contribution in [0.15, 0.2) is 4.52 Å². The number of rotatable bonds is 5. The van der Waals surface area contributed by atoms with Gasteiger partial charge in [-0.05, 0) is 57.9 Å². The molecule has 8 nitrogen and oxygen atoms in total. The molecule has 2 aliphatic heterocycles. The molecule has 174 valence electrons. The minimum atomic E-state index is -5.08. The van der Waals surface area contributed by atoms with Crippen molar-refractivity contribution >= 4 is 11.9 Å². The molecule has 31 heavy (non-hydrogen) atoms. The smallest absolute Gasteiger partial charge is 0.475 e. The number of ether oxygens (including phenoxy) is 1. The molecule has 1 aliphatic carbocycles. The SMILES string of the molecule is Cc1noc(C)c1CN1CC[C@H]2C[C@@H](C(=O)NCC3CC3)O[C@@H]2C1.O=C(O)C(F)(F)F. The number of hydrogen-bond donors (Lipinski definition) is 2. The van der Waals surface area contributed by atoms with Crippen LogP contribution < -0.4 is 5.32 Å². The topological polar surface area (TPSA) is 105 Å². The Balaban J connectivity index is 0.000000339. The standard InChI is InChI=1S/C18H27N3O3.C2HF3O2/c1-11-15(12(2)24-20-11)9-21-6-5-14-7-16(23-17(14)10-21)18(22)19-8-13-3-4-13;3-2(4,5)1(6)7/h13-14,16-17H,3-10H2,1-2H3,(H,19,22);(H,6,7)/t14-,16-,17+;/m0./s1. The van der Waals surface area contributed by atoms with E-state index in [0.717, 1.165) is 50.5 Å². The summed E-state index contributed by atoms with van der Waals surface area (Å²) in [5, 5.41) is 14.2. The molecule has 0 spiro atoms. The molecule has 0 bridgehead atoms. The van der Waals surface area contributed by atoms with Gasteiger partial charge in [-0.2, -0.15) is 13.2 Å². The highest BCUT2D eigenvalue weighted by atomic mass is 19.4. The number of nitrogens with zero attached hydrogens (tertiary/aromatic N) is 2. The minimum Gasteiger partial charge on any atom is -0.475 e. The summed E-state index contributed by atoms with van der Waals surface area (Å²) in [6.07, 6.45) is -0.670. The van der Waals surface area contributed by atoms with Gasteiger partial charge >= 0.3 is 12.1 Å². The Labute approximate surface area is 178 Å². The van der Waals surface area contributed by atoms with Gasteiger partial charge < -0.3 is 19.7 Å². The predicted octanol–water partition coefficient (Wildman–Crippen LogP) is 2.43. The molecule has 0 aromatic carbocycles. The molecular formula is C20H28F3N3O5. The normalized spacial score (nSPS) is 26.0. The molecule has 11 heteroatoms. The van der Waals surface area contributed by atoms with Crippen molar-refractivity contribution in [2.45, 2.75) is 64.5 Å². The lowest BCUT2D eigenvalue weighted by Gasteiger charge is -2.33. The fourth-order valence-electron chi connectivity index (χ4n) is 3.94. The monoisotopic (exact) mass is 447 g/mol. The van der Waals surface area contributed by atoms with E-state index in [1.54, 1.807) is 0 Å². The number of carboxylic acid groups (broad SMARTS) is 1. The first-order valence-corrected chi connectivity index (χ1v) is 10.4. The minimum absolute atomic E-state index is 0.0913. The third-order valence-electron chi connectivity index (χ3n) is 6.00. The second-order valence-corrected chi connectivity index (χ2v) is 8.48. The van der Waals surface area contributed by atoms with E-state index in [4.69, 9.17) is 19.2 Å². The first-order valence-electron chi connectivity index (χ1n) is 10.4. The number of nitrogens with one attached hydrogen (secondary N) is 1. The van der Waals surface area contributed by atoms with Crippen molar-refractivity contribution in [2.75, 3.05) is 19.6 Å². The van der Waals surface area contributed by atoms with Crippen molar-refractivity contribution in [3.8, 4) is 0 Å². The summed E-state index contributed by atoms with van der Waals surface area (Å²) in [6.45, 7) is 7.57. The lowest BCUT2D eigenvalue weighted by molar-refractivity contribution is -0.192. The molecule has 4 rings (SSSR count). The summed E-state index contributed by atoms with van der Waals surface area (Å²) in [4.78, 5) is 23.6. The maximum absolute atomic E-state index is 12.3. The lowest BCUT2D eigenvalue weighted by atomic mass is 9.91. The molecule has 2 N–H and O–H groups in total. The molecule has 3 heterocycles. The molecule has 0 radical (unpaired) electrons.